The molecule has 0 saturated carbocycles. The van der Waals surface area contributed by atoms with Crippen LogP contribution in [0.15, 0.2) is 14.6 Å². The molecule has 9 heteroatoms. The van der Waals surface area contributed by atoms with Crippen LogP contribution >= 0.6 is 11.8 Å². The number of nitrogens with zero attached hydrogens (tertiary/aromatic N) is 4. The maximum Gasteiger partial charge on any atom is 0.332 e. The fourth-order valence-corrected chi connectivity index (χ4v) is 3.42. The van der Waals surface area contributed by atoms with Gasteiger partial charge in [0.05, 0.1) is 5.25 Å². The summed E-state index contributed by atoms with van der Waals surface area (Å²) in [6.45, 7) is 11.4. The fourth-order valence-electron chi connectivity index (χ4n) is 2.47. The topological polar surface area (TPSA) is 98.9 Å². The molecule has 0 saturated heterocycles. The molecule has 2 heterocycles. The summed E-state index contributed by atoms with van der Waals surface area (Å²) in [4.78, 5) is 46.5. The van der Waals surface area contributed by atoms with E-state index in [1.165, 1.54) is 23.4 Å². The molecule has 148 valence electrons. The molecular weight excluding hydrogens is 366 g/mol. The summed E-state index contributed by atoms with van der Waals surface area (Å²) in [5.74, 6) is 0.373. The van der Waals surface area contributed by atoms with Gasteiger partial charge in [-0.05, 0) is 20.8 Å². The molecule has 0 aliphatic heterocycles. The van der Waals surface area contributed by atoms with E-state index in [4.69, 9.17) is 0 Å². The Morgan fingerprint density at radius 1 is 1.07 bits per heavy atom. The lowest BCUT2D eigenvalue weighted by Crippen LogP contribution is -2.38. The van der Waals surface area contributed by atoms with E-state index in [1.54, 1.807) is 14.0 Å². The first-order chi connectivity index (χ1) is 12.3. The van der Waals surface area contributed by atoms with Gasteiger partial charge in [-0.2, -0.15) is 0 Å². The Hall–Kier alpha value is -2.16. The van der Waals surface area contributed by atoms with Crippen LogP contribution in [0.5, 0.6) is 0 Å². The van der Waals surface area contributed by atoms with Gasteiger partial charge < -0.3 is 5.32 Å². The Bertz CT molecular complexity index is 1000. The molecule has 0 bridgehead atoms. The van der Waals surface area contributed by atoms with Crippen molar-refractivity contribution in [3.63, 3.8) is 0 Å². The first-order valence-electron chi connectivity index (χ1n) is 8.79. The highest BCUT2D eigenvalue weighted by atomic mass is 32.2. The molecule has 2 rings (SSSR count). The number of amides is 1. The van der Waals surface area contributed by atoms with Crippen molar-refractivity contribution >= 4 is 28.7 Å². The summed E-state index contributed by atoms with van der Waals surface area (Å²) in [6.07, 6.45) is 0. The average molecular weight is 394 g/mol. The highest BCUT2D eigenvalue weighted by molar-refractivity contribution is 8.00. The minimum atomic E-state index is -0.465. The number of hydrogen-bond acceptors (Lipinski definition) is 6. The van der Waals surface area contributed by atoms with E-state index in [0.717, 1.165) is 4.57 Å². The summed E-state index contributed by atoms with van der Waals surface area (Å²) in [7, 11) is 3.00. The molecule has 0 aliphatic rings. The van der Waals surface area contributed by atoms with E-state index in [-0.39, 0.29) is 28.4 Å². The predicted molar refractivity (Wildman–Crippen MR) is 107 cm³/mol. The molecule has 0 fully saturated rings. The highest BCUT2D eigenvalue weighted by Crippen LogP contribution is 2.29. The molecule has 8 nitrogen and oxygen atoms in total. The van der Waals surface area contributed by atoms with Crippen LogP contribution in [0, 0.1) is 0 Å². The van der Waals surface area contributed by atoms with Gasteiger partial charge in [0.15, 0.2) is 5.65 Å². The van der Waals surface area contributed by atoms with Gasteiger partial charge in [0, 0.05) is 25.6 Å². The molecule has 1 atom stereocenters. The zero-order chi connectivity index (χ0) is 20.7. The summed E-state index contributed by atoms with van der Waals surface area (Å²) < 4.78 is 2.38. The van der Waals surface area contributed by atoms with Gasteiger partial charge in [-0.1, -0.05) is 32.5 Å². The summed E-state index contributed by atoms with van der Waals surface area (Å²) in [5.41, 5.74) is -1.02. The summed E-state index contributed by atoms with van der Waals surface area (Å²) >= 11 is 1.20. The molecule has 27 heavy (non-hydrogen) atoms. The number of aromatic nitrogens is 4. The minimum absolute atomic E-state index is 0.0153. The Morgan fingerprint density at radius 3 is 2.19 bits per heavy atom. The summed E-state index contributed by atoms with van der Waals surface area (Å²) in [6, 6.07) is 0.0153. The molecule has 2 aromatic rings. The first-order valence-corrected chi connectivity index (χ1v) is 9.67. The predicted octanol–water partition coefficient (Wildman–Crippen LogP) is 1.33. The molecule has 1 N–H and O–H groups in total. The third-order valence-corrected chi connectivity index (χ3v) is 5.11. The molecule has 1 amide bonds. The van der Waals surface area contributed by atoms with Gasteiger partial charge in [-0.25, -0.2) is 14.8 Å². The number of fused-ring (bicyclic) bond motifs is 1. The highest BCUT2D eigenvalue weighted by Gasteiger charge is 2.26. The van der Waals surface area contributed by atoms with E-state index in [2.05, 4.69) is 15.3 Å². The van der Waals surface area contributed by atoms with Crippen LogP contribution in [0.2, 0.25) is 0 Å². The number of nitrogens with one attached hydrogen (secondary N) is 1. The van der Waals surface area contributed by atoms with Gasteiger partial charge in [0.25, 0.3) is 5.56 Å². The Morgan fingerprint density at radius 2 is 1.67 bits per heavy atom. The largest absolute Gasteiger partial charge is 0.353 e. The molecule has 0 aromatic carbocycles. The average Bonchev–Trinajstić information content (AvgIpc) is 2.55. The van der Waals surface area contributed by atoms with E-state index in [0.29, 0.717) is 10.9 Å². The Labute approximate surface area is 162 Å². The number of carbonyl (C=O) groups is 1. The third kappa shape index (κ3) is 4.23. The third-order valence-electron chi connectivity index (χ3n) is 4.03. The second-order valence-electron chi connectivity index (χ2n) is 7.93. The monoisotopic (exact) mass is 393 g/mol. The maximum absolute atomic E-state index is 12.8. The second kappa shape index (κ2) is 7.46. The van der Waals surface area contributed by atoms with Crippen LogP contribution in [0.4, 0.5) is 0 Å². The van der Waals surface area contributed by atoms with Crippen molar-refractivity contribution in [2.75, 3.05) is 0 Å². The molecular formula is C18H27N5O3S. The van der Waals surface area contributed by atoms with Crippen LogP contribution in [0.3, 0.4) is 0 Å². The second-order valence-corrected chi connectivity index (χ2v) is 9.26. The van der Waals surface area contributed by atoms with Gasteiger partial charge in [0.1, 0.15) is 16.2 Å². The van der Waals surface area contributed by atoms with Crippen LogP contribution in [0.1, 0.15) is 47.4 Å². The van der Waals surface area contributed by atoms with Crippen LogP contribution in [-0.4, -0.2) is 36.3 Å². The smallest absolute Gasteiger partial charge is 0.332 e. The molecule has 0 spiro atoms. The number of rotatable bonds is 4. The van der Waals surface area contributed by atoms with Crippen molar-refractivity contribution in [1.29, 1.82) is 0 Å². The van der Waals surface area contributed by atoms with E-state index in [9.17, 15) is 14.4 Å². The Kier molecular flexibility index (Phi) is 5.84. The zero-order valence-electron chi connectivity index (χ0n) is 17.1. The van der Waals surface area contributed by atoms with Crippen molar-refractivity contribution in [3.05, 3.63) is 26.7 Å². The molecule has 0 radical (unpaired) electrons. The van der Waals surface area contributed by atoms with E-state index >= 15 is 0 Å². The molecule has 0 aliphatic carbocycles. The quantitative estimate of drug-likeness (QED) is 0.621. The number of thioether (sulfide) groups is 1. The minimum Gasteiger partial charge on any atom is -0.353 e. The fraction of sp³-hybridized carbons (Fsp3) is 0.611. The van der Waals surface area contributed by atoms with E-state index in [1.807, 2.05) is 34.6 Å². The van der Waals surface area contributed by atoms with Gasteiger partial charge >= 0.3 is 5.69 Å². The lowest BCUT2D eigenvalue weighted by Gasteiger charge is -2.20. The van der Waals surface area contributed by atoms with Gasteiger partial charge in [-0.3, -0.25) is 18.7 Å². The van der Waals surface area contributed by atoms with Crippen molar-refractivity contribution < 1.29 is 4.79 Å². The van der Waals surface area contributed by atoms with Crippen molar-refractivity contribution in [2.45, 2.75) is 63.3 Å². The lowest BCUT2D eigenvalue weighted by atomic mass is 9.96. The number of aryl methyl sites for hydroxylation is 1. The zero-order valence-corrected chi connectivity index (χ0v) is 17.9. The van der Waals surface area contributed by atoms with Gasteiger partial charge in [0.2, 0.25) is 5.91 Å². The first kappa shape index (κ1) is 21.1. The SMILES string of the molecule is CC(C)NC(=O)C(C)Sc1nc(C(C)(C)C)nc2c1c(=O)n(C)c(=O)n2C. The molecule has 2 aromatic heterocycles. The Balaban J connectivity index is 2.75. The van der Waals surface area contributed by atoms with Crippen LogP contribution < -0.4 is 16.6 Å². The maximum atomic E-state index is 12.8. The van der Waals surface area contributed by atoms with Crippen LogP contribution in [-0.2, 0) is 24.3 Å². The van der Waals surface area contributed by atoms with Gasteiger partial charge in [-0.15, -0.1) is 0 Å². The number of hydrogen-bond donors (Lipinski definition) is 1. The summed E-state index contributed by atoms with van der Waals surface area (Å²) in [5, 5.41) is 3.06. The normalized spacial score (nSPS) is 13.2. The van der Waals surface area contributed by atoms with Crippen molar-refractivity contribution in [2.24, 2.45) is 14.1 Å². The number of carbonyl (C=O) groups excluding carboxylic acids is 1. The van der Waals surface area contributed by atoms with Crippen LogP contribution in [0.25, 0.3) is 11.0 Å². The standard InChI is InChI=1S/C18H27N5O3S/c1-9(2)19-13(24)10(3)27-14-11-12(20-16(21-14)18(4,5)6)22(7)17(26)23(8)15(11)25/h9-10H,1-8H3,(H,19,24). The van der Waals surface area contributed by atoms with Crippen molar-refractivity contribution in [1.82, 2.24) is 24.4 Å². The molecule has 1 unspecified atom stereocenters. The van der Waals surface area contributed by atoms with Crippen molar-refractivity contribution in [3.8, 4) is 0 Å². The van der Waals surface area contributed by atoms with E-state index < -0.39 is 16.5 Å². The lowest BCUT2D eigenvalue weighted by molar-refractivity contribution is -0.120.